The molecule has 1 fully saturated rings. The second-order valence-corrected chi connectivity index (χ2v) is 3.80. The van der Waals surface area contributed by atoms with Crippen molar-refractivity contribution in [3.8, 4) is 0 Å². The topological polar surface area (TPSA) is 0 Å². The third kappa shape index (κ3) is 3.57. The van der Waals surface area contributed by atoms with Crippen LogP contribution in [0.3, 0.4) is 0 Å². The number of nitrogens with zero attached hydrogens (tertiary/aromatic N) is 1. The Kier molecular flexibility index (Phi) is 4.54. The number of rotatable bonds is 0. The molecule has 0 N–H and O–H groups in total. The van der Waals surface area contributed by atoms with E-state index in [0.717, 1.165) is 0 Å². The molecule has 0 aromatic heterocycles. The lowest BCUT2D eigenvalue weighted by Gasteiger charge is -2.27. The SMILES string of the molecule is C[N+]1(C)CCCCCC1.[Br-]. The largest absolute Gasteiger partial charge is 1.00 e. The first-order chi connectivity index (χ1) is 4.21. The maximum atomic E-state index is 2.34. The molecular formula is C8H18BrN. The molecule has 0 spiro atoms. The number of hydrogen-bond donors (Lipinski definition) is 0. The van der Waals surface area contributed by atoms with Crippen molar-refractivity contribution < 1.29 is 21.5 Å². The van der Waals surface area contributed by atoms with Crippen LogP contribution in [0.4, 0.5) is 0 Å². The van der Waals surface area contributed by atoms with E-state index in [1.54, 1.807) is 0 Å². The summed E-state index contributed by atoms with van der Waals surface area (Å²) in [5.74, 6) is 0. The van der Waals surface area contributed by atoms with Gasteiger partial charge in [-0.15, -0.1) is 0 Å². The third-order valence-corrected chi connectivity index (χ3v) is 2.28. The van der Waals surface area contributed by atoms with Crippen LogP contribution >= 0.6 is 0 Å². The van der Waals surface area contributed by atoms with Crippen molar-refractivity contribution in [2.24, 2.45) is 0 Å². The molecule has 1 nitrogen and oxygen atoms in total. The first-order valence-electron chi connectivity index (χ1n) is 4.03. The van der Waals surface area contributed by atoms with E-state index in [1.165, 1.54) is 43.3 Å². The molecule has 62 valence electrons. The van der Waals surface area contributed by atoms with E-state index >= 15 is 0 Å². The van der Waals surface area contributed by atoms with Gasteiger partial charge in [0.1, 0.15) is 0 Å². The molecule has 1 rings (SSSR count). The van der Waals surface area contributed by atoms with E-state index in [0.29, 0.717) is 0 Å². The van der Waals surface area contributed by atoms with Crippen LogP contribution in [-0.4, -0.2) is 31.7 Å². The van der Waals surface area contributed by atoms with Gasteiger partial charge in [0.2, 0.25) is 0 Å². The number of likely N-dealkylation sites (tertiary alicyclic amines) is 1. The Hall–Kier alpha value is 0.440. The van der Waals surface area contributed by atoms with Crippen LogP contribution in [0.5, 0.6) is 0 Å². The van der Waals surface area contributed by atoms with E-state index in [9.17, 15) is 0 Å². The van der Waals surface area contributed by atoms with Crippen LogP contribution in [0.2, 0.25) is 0 Å². The molecule has 0 bridgehead atoms. The number of quaternary nitrogens is 1. The lowest BCUT2D eigenvalue weighted by Crippen LogP contribution is -3.00. The number of hydrogen-bond acceptors (Lipinski definition) is 0. The summed E-state index contributed by atoms with van der Waals surface area (Å²) < 4.78 is 1.25. The van der Waals surface area contributed by atoms with Crippen molar-refractivity contribution in [2.75, 3.05) is 27.2 Å². The zero-order valence-electron chi connectivity index (χ0n) is 7.07. The quantitative estimate of drug-likeness (QED) is 0.431. The normalized spacial score (nSPS) is 24.6. The van der Waals surface area contributed by atoms with Crippen molar-refractivity contribution in [1.29, 1.82) is 0 Å². The van der Waals surface area contributed by atoms with E-state index in [-0.39, 0.29) is 17.0 Å². The van der Waals surface area contributed by atoms with Gasteiger partial charge in [-0.2, -0.15) is 0 Å². The minimum absolute atomic E-state index is 0. The molecule has 2 heteroatoms. The predicted molar refractivity (Wildman–Crippen MR) is 40.3 cm³/mol. The standard InChI is InChI=1S/C8H18N.BrH/c1-9(2)7-5-3-4-6-8-9;/h3-8H2,1-2H3;1H/q+1;/p-1. The molecule has 0 saturated carbocycles. The van der Waals surface area contributed by atoms with Crippen molar-refractivity contribution in [3.63, 3.8) is 0 Å². The van der Waals surface area contributed by atoms with Gasteiger partial charge >= 0.3 is 0 Å². The van der Waals surface area contributed by atoms with E-state index < -0.39 is 0 Å². The summed E-state index contributed by atoms with van der Waals surface area (Å²) in [6.07, 6.45) is 5.80. The Morgan fingerprint density at radius 3 is 1.60 bits per heavy atom. The predicted octanol–water partition coefficient (Wildman–Crippen LogP) is -1.36. The van der Waals surface area contributed by atoms with Gasteiger partial charge in [-0.05, 0) is 25.7 Å². The zero-order valence-corrected chi connectivity index (χ0v) is 8.65. The summed E-state index contributed by atoms with van der Waals surface area (Å²) in [6, 6.07) is 0. The maximum Gasteiger partial charge on any atom is 0.0782 e. The third-order valence-electron chi connectivity index (χ3n) is 2.28. The fourth-order valence-electron chi connectivity index (χ4n) is 1.55. The molecule has 1 aliphatic rings. The lowest BCUT2D eigenvalue weighted by molar-refractivity contribution is -0.889. The van der Waals surface area contributed by atoms with Crippen molar-refractivity contribution in [2.45, 2.75) is 25.7 Å². The second-order valence-electron chi connectivity index (χ2n) is 3.80. The molecule has 0 radical (unpaired) electrons. The second kappa shape index (κ2) is 4.35. The fourth-order valence-corrected chi connectivity index (χ4v) is 1.55. The molecule has 0 amide bonds. The van der Waals surface area contributed by atoms with Gasteiger partial charge in [0.25, 0.3) is 0 Å². The van der Waals surface area contributed by atoms with Crippen molar-refractivity contribution in [3.05, 3.63) is 0 Å². The van der Waals surface area contributed by atoms with Crippen LogP contribution in [0.1, 0.15) is 25.7 Å². The highest BCUT2D eigenvalue weighted by Crippen LogP contribution is 2.12. The fraction of sp³-hybridized carbons (Fsp3) is 1.00. The molecule has 0 atom stereocenters. The molecule has 0 aromatic rings. The first kappa shape index (κ1) is 10.4. The van der Waals surface area contributed by atoms with Crippen LogP contribution in [-0.2, 0) is 0 Å². The molecule has 1 saturated heterocycles. The summed E-state index contributed by atoms with van der Waals surface area (Å²) in [5, 5.41) is 0. The van der Waals surface area contributed by atoms with E-state index in [4.69, 9.17) is 0 Å². The van der Waals surface area contributed by atoms with Crippen molar-refractivity contribution >= 4 is 0 Å². The van der Waals surface area contributed by atoms with Gasteiger partial charge in [0.05, 0.1) is 27.2 Å². The Bertz CT molecular complexity index is 81.3. The van der Waals surface area contributed by atoms with E-state index in [2.05, 4.69) is 14.1 Å². The summed E-state index contributed by atoms with van der Waals surface area (Å²) in [6.45, 7) is 2.78. The minimum Gasteiger partial charge on any atom is -1.00 e. The van der Waals surface area contributed by atoms with Gasteiger partial charge in [-0.1, -0.05) is 0 Å². The molecule has 10 heavy (non-hydrogen) atoms. The average Bonchev–Trinajstić information content (AvgIpc) is 1.92. The molecule has 0 aliphatic carbocycles. The Morgan fingerprint density at radius 1 is 0.800 bits per heavy atom. The summed E-state index contributed by atoms with van der Waals surface area (Å²) in [4.78, 5) is 0. The lowest BCUT2D eigenvalue weighted by atomic mass is 10.2. The van der Waals surface area contributed by atoms with Crippen LogP contribution in [0, 0.1) is 0 Å². The summed E-state index contributed by atoms with van der Waals surface area (Å²) in [7, 11) is 4.68. The highest BCUT2D eigenvalue weighted by atomic mass is 79.9. The maximum absolute atomic E-state index is 2.34. The monoisotopic (exact) mass is 207 g/mol. The number of halogens is 1. The van der Waals surface area contributed by atoms with E-state index in [1.807, 2.05) is 0 Å². The minimum atomic E-state index is 0. The molecule has 1 heterocycles. The Balaban J connectivity index is 0.000000810. The molecule has 0 aromatic carbocycles. The van der Waals surface area contributed by atoms with Gasteiger partial charge in [-0.3, -0.25) is 0 Å². The molecule has 0 unspecified atom stereocenters. The summed E-state index contributed by atoms with van der Waals surface area (Å²) in [5.41, 5.74) is 0. The molecular weight excluding hydrogens is 190 g/mol. The Labute approximate surface area is 74.8 Å². The zero-order chi connectivity index (χ0) is 6.74. The van der Waals surface area contributed by atoms with Gasteiger partial charge < -0.3 is 21.5 Å². The highest BCUT2D eigenvalue weighted by Gasteiger charge is 2.16. The van der Waals surface area contributed by atoms with Gasteiger partial charge in [-0.25, -0.2) is 0 Å². The summed E-state index contributed by atoms with van der Waals surface area (Å²) >= 11 is 0. The first-order valence-corrected chi connectivity index (χ1v) is 4.03. The van der Waals surface area contributed by atoms with Crippen LogP contribution in [0.25, 0.3) is 0 Å². The van der Waals surface area contributed by atoms with Crippen LogP contribution < -0.4 is 17.0 Å². The average molecular weight is 208 g/mol. The van der Waals surface area contributed by atoms with Crippen molar-refractivity contribution in [1.82, 2.24) is 0 Å². The van der Waals surface area contributed by atoms with Crippen LogP contribution in [0.15, 0.2) is 0 Å². The Morgan fingerprint density at radius 2 is 1.20 bits per heavy atom. The smallest absolute Gasteiger partial charge is 0.0782 e. The van der Waals surface area contributed by atoms with Gasteiger partial charge in [0.15, 0.2) is 0 Å². The van der Waals surface area contributed by atoms with Gasteiger partial charge in [0, 0.05) is 0 Å². The highest BCUT2D eigenvalue weighted by molar-refractivity contribution is 4.48. The molecule has 1 aliphatic heterocycles.